The van der Waals surface area contributed by atoms with Crippen LogP contribution in [0.1, 0.15) is 5.56 Å². The molecule has 0 saturated carbocycles. The van der Waals surface area contributed by atoms with Crippen LogP contribution in [0.5, 0.6) is 5.75 Å². The number of aryl methyl sites for hydroxylation is 1. The fraction of sp³-hybridized carbons (Fsp3) is 0.111. The Bertz CT molecular complexity index is 1020. The van der Waals surface area contributed by atoms with E-state index in [2.05, 4.69) is 0 Å². The van der Waals surface area contributed by atoms with E-state index < -0.39 is 18.0 Å². The van der Waals surface area contributed by atoms with Crippen LogP contribution in [0, 0.1) is 6.92 Å². The minimum Gasteiger partial charge on any atom is -0.479 e. The third-order valence-electron chi connectivity index (χ3n) is 3.52. The first kappa shape index (κ1) is 17.3. The second-order valence-corrected chi connectivity index (χ2v) is 6.25. The SMILES string of the molecule is Cc1ccc(-c2oc3c(Cl)cc(Cl)cc3c(=O)c2OCC(=O)O)cc1. The monoisotopic (exact) mass is 378 g/mol. The number of fused-ring (bicyclic) bond motifs is 1. The van der Waals surface area contributed by atoms with Crippen LogP contribution in [0.2, 0.25) is 10.0 Å². The molecule has 0 saturated heterocycles. The van der Waals surface area contributed by atoms with Crippen LogP contribution in [0.25, 0.3) is 22.3 Å². The van der Waals surface area contributed by atoms with Gasteiger partial charge in [-0.25, -0.2) is 4.79 Å². The van der Waals surface area contributed by atoms with Gasteiger partial charge in [-0.2, -0.15) is 0 Å². The molecule has 1 aromatic heterocycles. The summed E-state index contributed by atoms with van der Waals surface area (Å²) in [5, 5.41) is 9.42. The number of aliphatic carboxylic acids is 1. The highest BCUT2D eigenvalue weighted by atomic mass is 35.5. The van der Waals surface area contributed by atoms with Crippen LogP contribution in [0.15, 0.2) is 45.6 Å². The molecule has 0 aliphatic heterocycles. The van der Waals surface area contributed by atoms with Crippen molar-refractivity contribution < 1.29 is 19.1 Å². The Morgan fingerprint density at radius 1 is 1.20 bits per heavy atom. The Balaban J connectivity index is 2.32. The van der Waals surface area contributed by atoms with Gasteiger partial charge in [0.1, 0.15) is 0 Å². The number of rotatable bonds is 4. The Hall–Kier alpha value is -2.50. The average molecular weight is 379 g/mol. The van der Waals surface area contributed by atoms with E-state index >= 15 is 0 Å². The molecule has 1 N–H and O–H groups in total. The number of ether oxygens (including phenoxy) is 1. The lowest BCUT2D eigenvalue weighted by atomic mass is 10.1. The van der Waals surface area contributed by atoms with E-state index in [4.69, 9.17) is 37.5 Å². The number of halogens is 2. The van der Waals surface area contributed by atoms with Gasteiger partial charge in [-0.1, -0.05) is 53.0 Å². The first-order valence-electron chi connectivity index (χ1n) is 7.24. The van der Waals surface area contributed by atoms with Crippen LogP contribution in [0.4, 0.5) is 0 Å². The molecule has 3 rings (SSSR count). The number of carbonyl (C=O) groups is 1. The molecule has 7 heteroatoms. The first-order valence-corrected chi connectivity index (χ1v) is 8.00. The molecular weight excluding hydrogens is 367 g/mol. The van der Waals surface area contributed by atoms with Crippen LogP contribution in [-0.2, 0) is 4.79 Å². The predicted molar refractivity (Wildman–Crippen MR) is 95.8 cm³/mol. The number of carboxylic acid groups (broad SMARTS) is 1. The van der Waals surface area contributed by atoms with Crippen molar-refractivity contribution in [3.05, 3.63) is 62.2 Å². The predicted octanol–water partition coefficient (Wildman–Crippen LogP) is 4.54. The van der Waals surface area contributed by atoms with Gasteiger partial charge in [0.15, 0.2) is 18.0 Å². The van der Waals surface area contributed by atoms with E-state index in [1.165, 1.54) is 12.1 Å². The molecule has 25 heavy (non-hydrogen) atoms. The van der Waals surface area contributed by atoms with Gasteiger partial charge in [0, 0.05) is 10.6 Å². The third kappa shape index (κ3) is 3.48. The average Bonchev–Trinajstić information content (AvgIpc) is 2.55. The van der Waals surface area contributed by atoms with Crippen molar-refractivity contribution in [1.29, 1.82) is 0 Å². The molecule has 0 radical (unpaired) electrons. The highest BCUT2D eigenvalue weighted by Crippen LogP contribution is 2.35. The van der Waals surface area contributed by atoms with Crippen molar-refractivity contribution in [3.63, 3.8) is 0 Å². The summed E-state index contributed by atoms with van der Waals surface area (Å²) in [7, 11) is 0. The fourth-order valence-corrected chi connectivity index (χ4v) is 2.90. The van der Waals surface area contributed by atoms with Crippen molar-refractivity contribution in [2.24, 2.45) is 0 Å². The van der Waals surface area contributed by atoms with Crippen molar-refractivity contribution in [3.8, 4) is 17.1 Å². The maximum absolute atomic E-state index is 12.8. The number of carboxylic acids is 1. The molecular formula is C18H12Cl2O5. The van der Waals surface area contributed by atoms with Gasteiger partial charge in [-0.15, -0.1) is 0 Å². The number of hydrogen-bond donors (Lipinski definition) is 1. The second kappa shape index (κ2) is 6.78. The van der Waals surface area contributed by atoms with Gasteiger partial charge in [-0.3, -0.25) is 4.79 Å². The van der Waals surface area contributed by atoms with Gasteiger partial charge in [-0.05, 0) is 19.1 Å². The zero-order chi connectivity index (χ0) is 18.1. The van der Waals surface area contributed by atoms with E-state index in [0.29, 0.717) is 5.56 Å². The fourth-order valence-electron chi connectivity index (χ4n) is 2.37. The quantitative estimate of drug-likeness (QED) is 0.720. The summed E-state index contributed by atoms with van der Waals surface area (Å²) in [6.07, 6.45) is 0. The Labute approximate surface area is 152 Å². The van der Waals surface area contributed by atoms with Crippen molar-refractivity contribution >= 4 is 40.1 Å². The maximum atomic E-state index is 12.8. The van der Waals surface area contributed by atoms with Gasteiger partial charge in [0.05, 0.1) is 10.4 Å². The molecule has 0 unspecified atom stereocenters. The highest BCUT2D eigenvalue weighted by Gasteiger charge is 2.20. The summed E-state index contributed by atoms with van der Waals surface area (Å²) >= 11 is 12.1. The van der Waals surface area contributed by atoms with Crippen LogP contribution in [0.3, 0.4) is 0 Å². The molecule has 0 atom stereocenters. The highest BCUT2D eigenvalue weighted by molar-refractivity contribution is 6.38. The topological polar surface area (TPSA) is 76.7 Å². The smallest absolute Gasteiger partial charge is 0.341 e. The molecule has 0 aliphatic rings. The van der Waals surface area contributed by atoms with Gasteiger partial charge in [0.2, 0.25) is 11.2 Å². The lowest BCUT2D eigenvalue weighted by molar-refractivity contribution is -0.139. The maximum Gasteiger partial charge on any atom is 0.341 e. The van der Waals surface area contributed by atoms with E-state index in [0.717, 1.165) is 5.56 Å². The lowest BCUT2D eigenvalue weighted by Crippen LogP contribution is -2.16. The van der Waals surface area contributed by atoms with Gasteiger partial charge in [0.25, 0.3) is 0 Å². The van der Waals surface area contributed by atoms with E-state index in [-0.39, 0.29) is 32.5 Å². The molecule has 2 aromatic carbocycles. The number of benzene rings is 2. The van der Waals surface area contributed by atoms with Gasteiger partial charge < -0.3 is 14.3 Å². The Kier molecular flexibility index (Phi) is 4.70. The summed E-state index contributed by atoms with van der Waals surface area (Å²) in [4.78, 5) is 23.7. The summed E-state index contributed by atoms with van der Waals surface area (Å²) < 4.78 is 11.0. The van der Waals surface area contributed by atoms with Gasteiger partial charge >= 0.3 is 5.97 Å². The molecule has 3 aromatic rings. The minimum atomic E-state index is -1.21. The Morgan fingerprint density at radius 2 is 1.88 bits per heavy atom. The summed E-state index contributed by atoms with van der Waals surface area (Å²) in [6.45, 7) is 1.24. The molecule has 0 amide bonds. The van der Waals surface area contributed by atoms with Crippen LogP contribution >= 0.6 is 23.2 Å². The molecule has 0 fully saturated rings. The van der Waals surface area contributed by atoms with Crippen molar-refractivity contribution in [1.82, 2.24) is 0 Å². The Morgan fingerprint density at radius 3 is 2.52 bits per heavy atom. The van der Waals surface area contributed by atoms with E-state index in [1.807, 2.05) is 19.1 Å². The zero-order valence-corrected chi connectivity index (χ0v) is 14.5. The molecule has 0 spiro atoms. The second-order valence-electron chi connectivity index (χ2n) is 5.40. The first-order chi connectivity index (χ1) is 11.9. The summed E-state index contributed by atoms with van der Waals surface area (Å²) in [6, 6.07) is 10.0. The summed E-state index contributed by atoms with van der Waals surface area (Å²) in [5.74, 6) is -1.29. The molecule has 128 valence electrons. The minimum absolute atomic E-state index is 0.114. The van der Waals surface area contributed by atoms with Crippen molar-refractivity contribution in [2.45, 2.75) is 6.92 Å². The zero-order valence-electron chi connectivity index (χ0n) is 13.0. The van der Waals surface area contributed by atoms with Crippen molar-refractivity contribution in [2.75, 3.05) is 6.61 Å². The standard InChI is InChI=1S/C18H12Cl2O5/c1-9-2-4-10(5-3-9)16-18(24-8-14(21)22)15(23)12-6-11(19)7-13(20)17(12)25-16/h2-7H,8H2,1H3,(H,21,22). The molecule has 5 nitrogen and oxygen atoms in total. The molecule has 1 heterocycles. The molecule has 0 bridgehead atoms. The number of hydrogen-bond acceptors (Lipinski definition) is 4. The third-order valence-corrected chi connectivity index (χ3v) is 4.02. The van der Waals surface area contributed by atoms with E-state index in [1.54, 1.807) is 12.1 Å². The molecule has 0 aliphatic carbocycles. The van der Waals surface area contributed by atoms with Crippen LogP contribution < -0.4 is 10.2 Å². The summed E-state index contributed by atoms with van der Waals surface area (Å²) in [5.41, 5.74) is 1.21. The van der Waals surface area contributed by atoms with Crippen LogP contribution in [-0.4, -0.2) is 17.7 Å². The lowest BCUT2D eigenvalue weighted by Gasteiger charge is -2.11. The largest absolute Gasteiger partial charge is 0.479 e. The normalized spacial score (nSPS) is 10.8. The van der Waals surface area contributed by atoms with E-state index in [9.17, 15) is 9.59 Å².